The van der Waals surface area contributed by atoms with Crippen LogP contribution in [0.2, 0.25) is 0 Å². The van der Waals surface area contributed by atoms with Gasteiger partial charge in [0.05, 0.1) is 23.5 Å². The third-order valence-electron chi connectivity index (χ3n) is 5.22. The van der Waals surface area contributed by atoms with Crippen molar-refractivity contribution in [2.75, 3.05) is 32.4 Å². The Hall–Kier alpha value is -1.93. The zero-order valence-electron chi connectivity index (χ0n) is 15.6. The molecule has 0 saturated carbocycles. The fourth-order valence-electron chi connectivity index (χ4n) is 3.62. The summed E-state index contributed by atoms with van der Waals surface area (Å²) < 4.78 is 26.6. The number of carbonyl (C=O) groups excluding carboxylic acids is 1. The number of aromatic nitrogens is 2. The third kappa shape index (κ3) is 3.61. The summed E-state index contributed by atoms with van der Waals surface area (Å²) in [6, 6.07) is 4.05. The minimum atomic E-state index is -3.12. The van der Waals surface area contributed by atoms with Crippen molar-refractivity contribution in [1.82, 2.24) is 18.8 Å². The first-order valence-corrected chi connectivity index (χ1v) is 10.9. The summed E-state index contributed by atoms with van der Waals surface area (Å²) in [5, 5.41) is 4.30. The lowest BCUT2D eigenvalue weighted by molar-refractivity contribution is 0.0775. The van der Waals surface area contributed by atoms with Gasteiger partial charge in [-0.1, -0.05) is 0 Å². The predicted molar refractivity (Wildman–Crippen MR) is 101 cm³/mol. The highest BCUT2D eigenvalue weighted by atomic mass is 32.2. The van der Waals surface area contributed by atoms with Crippen molar-refractivity contribution in [3.63, 3.8) is 0 Å². The Bertz CT molecular complexity index is 894. The number of sulfonamides is 1. The van der Waals surface area contributed by atoms with Crippen molar-refractivity contribution < 1.29 is 13.2 Å². The highest BCUT2D eigenvalue weighted by Gasteiger charge is 2.26. The highest BCUT2D eigenvalue weighted by Crippen LogP contribution is 2.30. The predicted octanol–water partition coefficient (Wildman–Crippen LogP) is 1.96. The molecule has 1 saturated heterocycles. The van der Waals surface area contributed by atoms with Crippen molar-refractivity contribution in [2.24, 2.45) is 0 Å². The van der Waals surface area contributed by atoms with E-state index in [4.69, 9.17) is 0 Å². The van der Waals surface area contributed by atoms with Gasteiger partial charge < -0.3 is 4.90 Å². The van der Waals surface area contributed by atoms with Crippen LogP contribution in [0, 0.1) is 0 Å². The van der Waals surface area contributed by atoms with Gasteiger partial charge in [-0.25, -0.2) is 17.2 Å². The maximum atomic E-state index is 12.7. The van der Waals surface area contributed by atoms with Gasteiger partial charge in [-0.15, -0.1) is 0 Å². The van der Waals surface area contributed by atoms with E-state index < -0.39 is 10.0 Å². The van der Waals surface area contributed by atoms with Gasteiger partial charge in [0.15, 0.2) is 0 Å². The van der Waals surface area contributed by atoms with Crippen molar-refractivity contribution in [3.8, 4) is 0 Å². The van der Waals surface area contributed by atoms with Crippen molar-refractivity contribution >= 4 is 21.4 Å². The Labute approximate surface area is 154 Å². The number of carbonyl (C=O) groups is 1. The molecule has 142 valence electrons. The number of amides is 1. The molecule has 7 nitrogen and oxygen atoms in total. The smallest absolute Gasteiger partial charge is 0.257 e. The molecule has 0 atom stereocenters. The van der Waals surface area contributed by atoms with Crippen LogP contribution in [-0.4, -0.2) is 65.6 Å². The molecule has 0 radical (unpaired) electrons. The number of hydrogen-bond donors (Lipinski definition) is 0. The van der Waals surface area contributed by atoms with Crippen molar-refractivity contribution in [2.45, 2.75) is 32.6 Å². The fraction of sp³-hybridized carbons (Fsp3) is 0.556. The van der Waals surface area contributed by atoms with Crippen LogP contribution >= 0.6 is 0 Å². The number of hydrogen-bond acceptors (Lipinski definition) is 4. The second-order valence-electron chi connectivity index (χ2n) is 6.76. The lowest BCUT2D eigenvalue weighted by Crippen LogP contribution is -2.37. The molecule has 1 amide bonds. The van der Waals surface area contributed by atoms with Gasteiger partial charge in [-0.3, -0.25) is 4.79 Å². The molecule has 8 heteroatoms. The lowest BCUT2D eigenvalue weighted by Gasteiger charge is -2.30. The molecule has 3 heterocycles. The average Bonchev–Trinajstić information content (AvgIpc) is 3.05. The largest absolute Gasteiger partial charge is 0.339 e. The van der Waals surface area contributed by atoms with Crippen LogP contribution in [-0.2, 0) is 10.0 Å². The van der Waals surface area contributed by atoms with Gasteiger partial charge in [0.2, 0.25) is 10.0 Å². The molecular formula is C18H26N4O3S. The molecule has 0 spiro atoms. The summed E-state index contributed by atoms with van der Waals surface area (Å²) in [7, 11) is -3.12. The average molecular weight is 378 g/mol. The number of fused-ring (bicyclic) bond motifs is 1. The van der Waals surface area contributed by atoms with E-state index in [9.17, 15) is 13.2 Å². The molecule has 1 fully saturated rings. The molecule has 0 aliphatic carbocycles. The first-order valence-electron chi connectivity index (χ1n) is 9.06. The van der Waals surface area contributed by atoms with Gasteiger partial charge >= 0.3 is 0 Å². The quantitative estimate of drug-likeness (QED) is 0.797. The van der Waals surface area contributed by atoms with Crippen LogP contribution in [0.1, 0.15) is 48.5 Å². The van der Waals surface area contributed by atoms with Gasteiger partial charge in [-0.2, -0.15) is 5.10 Å². The fourth-order valence-corrected chi connectivity index (χ4v) is 4.49. The third-order valence-corrected chi connectivity index (χ3v) is 6.52. The van der Waals surface area contributed by atoms with Gasteiger partial charge in [-0.05, 0) is 50.3 Å². The van der Waals surface area contributed by atoms with E-state index in [0.29, 0.717) is 37.7 Å². The van der Waals surface area contributed by atoms with E-state index in [1.807, 2.05) is 32.2 Å². The van der Waals surface area contributed by atoms with E-state index in [1.54, 1.807) is 15.6 Å². The maximum absolute atomic E-state index is 12.7. The standard InChI is InChI=1S/C18H26N4O3S/c1-4-20(5-2)18(23)16-13-19-22-11-8-15(12-17(16)22)14-6-9-21(10-7-14)26(3,24)25/h8,11-14H,4-7,9-10H2,1-3H3. The molecule has 26 heavy (non-hydrogen) atoms. The van der Waals surface area contributed by atoms with Crippen LogP contribution in [0.25, 0.3) is 5.52 Å². The summed E-state index contributed by atoms with van der Waals surface area (Å²) in [5.41, 5.74) is 2.56. The molecule has 0 bridgehead atoms. The molecule has 0 unspecified atom stereocenters. The van der Waals surface area contributed by atoms with Crippen LogP contribution < -0.4 is 0 Å². The van der Waals surface area contributed by atoms with E-state index in [-0.39, 0.29) is 5.91 Å². The first-order chi connectivity index (χ1) is 12.3. The zero-order chi connectivity index (χ0) is 18.9. The Balaban J connectivity index is 1.86. The monoisotopic (exact) mass is 378 g/mol. The van der Waals surface area contributed by atoms with Crippen LogP contribution in [0.3, 0.4) is 0 Å². The van der Waals surface area contributed by atoms with Crippen molar-refractivity contribution in [1.29, 1.82) is 0 Å². The molecule has 2 aromatic rings. The first kappa shape index (κ1) is 18.8. The minimum absolute atomic E-state index is 0.00551. The Morgan fingerprint density at radius 3 is 2.50 bits per heavy atom. The summed E-state index contributed by atoms with van der Waals surface area (Å²) in [4.78, 5) is 14.5. The molecule has 3 rings (SSSR count). The second-order valence-corrected chi connectivity index (χ2v) is 8.74. The molecular weight excluding hydrogens is 352 g/mol. The molecule has 2 aromatic heterocycles. The zero-order valence-corrected chi connectivity index (χ0v) is 16.4. The van der Waals surface area contributed by atoms with Gasteiger partial charge in [0, 0.05) is 32.4 Å². The normalized spacial score (nSPS) is 16.9. The van der Waals surface area contributed by atoms with Crippen LogP contribution in [0.4, 0.5) is 0 Å². The van der Waals surface area contributed by atoms with Crippen LogP contribution in [0.15, 0.2) is 24.5 Å². The van der Waals surface area contributed by atoms with Gasteiger partial charge in [0.25, 0.3) is 5.91 Å². The Kier molecular flexibility index (Phi) is 5.34. The Morgan fingerprint density at radius 2 is 1.92 bits per heavy atom. The maximum Gasteiger partial charge on any atom is 0.257 e. The van der Waals surface area contributed by atoms with E-state index >= 15 is 0 Å². The van der Waals surface area contributed by atoms with Crippen molar-refractivity contribution in [3.05, 3.63) is 35.7 Å². The number of pyridine rings is 1. The number of piperidine rings is 1. The van der Waals surface area contributed by atoms with E-state index in [1.165, 1.54) is 10.6 Å². The summed E-state index contributed by atoms with van der Waals surface area (Å²) >= 11 is 0. The van der Waals surface area contributed by atoms with Gasteiger partial charge in [0.1, 0.15) is 0 Å². The number of nitrogens with zero attached hydrogens (tertiary/aromatic N) is 4. The summed E-state index contributed by atoms with van der Waals surface area (Å²) in [6.07, 6.45) is 6.35. The summed E-state index contributed by atoms with van der Waals surface area (Å²) in [5.74, 6) is 0.290. The SMILES string of the molecule is CCN(CC)C(=O)c1cnn2ccc(C3CCN(S(C)(=O)=O)CC3)cc12. The number of rotatable bonds is 5. The molecule has 0 aromatic carbocycles. The molecule has 0 N–H and O–H groups in total. The minimum Gasteiger partial charge on any atom is -0.339 e. The second kappa shape index (κ2) is 7.36. The highest BCUT2D eigenvalue weighted by molar-refractivity contribution is 7.88. The van der Waals surface area contributed by atoms with Crippen LogP contribution in [0.5, 0.6) is 0 Å². The molecule has 1 aliphatic heterocycles. The molecule has 1 aliphatic rings. The topological polar surface area (TPSA) is 75.0 Å². The lowest BCUT2D eigenvalue weighted by atomic mass is 9.90. The Morgan fingerprint density at radius 1 is 1.27 bits per heavy atom. The van der Waals surface area contributed by atoms with E-state index in [0.717, 1.165) is 23.9 Å². The van der Waals surface area contributed by atoms with E-state index in [2.05, 4.69) is 5.10 Å². The summed E-state index contributed by atoms with van der Waals surface area (Å²) in [6.45, 7) is 6.34.